The molecule has 2 fully saturated rings. The summed E-state index contributed by atoms with van der Waals surface area (Å²) in [5.74, 6) is 1.68. The molecule has 59 heavy (non-hydrogen) atoms. The van der Waals surface area contributed by atoms with Gasteiger partial charge in [-0.2, -0.15) is 0 Å². The number of fused-ring (bicyclic) bond motifs is 2. The van der Waals surface area contributed by atoms with Gasteiger partial charge < -0.3 is 24.1 Å². The van der Waals surface area contributed by atoms with Crippen LogP contribution in [0.25, 0.3) is 0 Å². The summed E-state index contributed by atoms with van der Waals surface area (Å²) < 4.78 is 18.5. The first kappa shape index (κ1) is 47.0. The zero-order valence-corrected chi connectivity index (χ0v) is 38.1. The van der Waals surface area contributed by atoms with Crippen molar-refractivity contribution in [1.82, 2.24) is 0 Å². The molecular weight excluding hydrogens is 753 g/mol. The van der Waals surface area contributed by atoms with Crippen LogP contribution in [0.3, 0.4) is 0 Å². The summed E-state index contributed by atoms with van der Waals surface area (Å²) >= 11 is 0. The minimum atomic E-state index is -1.85. The Hall–Kier alpha value is -3.04. The summed E-state index contributed by atoms with van der Waals surface area (Å²) in [6.07, 6.45) is 21.3. The second kappa shape index (κ2) is 22.7. The van der Waals surface area contributed by atoms with Crippen LogP contribution < -0.4 is 0 Å². The molecule has 2 N–H and O–H groups in total. The second-order valence-electron chi connectivity index (χ2n) is 19.6. The van der Waals surface area contributed by atoms with Crippen molar-refractivity contribution in [2.24, 2.45) is 29.6 Å². The van der Waals surface area contributed by atoms with Gasteiger partial charge in [0.2, 0.25) is 0 Å². The van der Waals surface area contributed by atoms with Crippen molar-refractivity contribution in [1.29, 1.82) is 0 Å². The normalized spacial score (nSPS) is 29.6. The van der Waals surface area contributed by atoms with Crippen LogP contribution in [-0.2, 0) is 36.3 Å². The Labute approximate surface area is 357 Å². The zero-order chi connectivity index (χ0) is 42.4. The Morgan fingerprint density at radius 2 is 1.22 bits per heavy atom. The summed E-state index contributed by atoms with van der Waals surface area (Å²) in [5, 5.41) is 21.1. The van der Waals surface area contributed by atoms with Gasteiger partial charge in [-0.1, -0.05) is 113 Å². The Kier molecular flexibility index (Phi) is 18.1. The van der Waals surface area contributed by atoms with Crippen LogP contribution in [0.4, 0.5) is 0 Å². The molecule has 4 aliphatic rings. The van der Waals surface area contributed by atoms with E-state index in [-0.39, 0.29) is 53.2 Å². The van der Waals surface area contributed by atoms with Gasteiger partial charge in [-0.25, -0.2) is 0 Å². The van der Waals surface area contributed by atoms with Gasteiger partial charge in [-0.15, -0.1) is 0 Å². The minimum Gasteiger partial charge on any atom is -0.462 e. The average molecular weight is 829 g/mol. The quantitative estimate of drug-likeness (QED) is 0.111. The number of rotatable bonds is 14. The van der Waals surface area contributed by atoms with E-state index in [1.165, 1.54) is 11.1 Å². The number of aliphatic hydroxyl groups excluding tert-OH is 2. The molecule has 2 aliphatic heterocycles. The molecule has 0 radical (unpaired) electrons. The molecule has 0 amide bonds. The van der Waals surface area contributed by atoms with Crippen molar-refractivity contribution in [3.63, 3.8) is 0 Å². The number of esters is 2. The summed E-state index contributed by atoms with van der Waals surface area (Å²) in [5.41, 5.74) is 2.63. The fraction of sp³-hybridized carbons (Fsp3) is 0.647. The Balaban J connectivity index is 0.000000230. The lowest BCUT2D eigenvalue weighted by Gasteiger charge is -2.40. The van der Waals surface area contributed by atoms with E-state index < -0.39 is 14.4 Å². The maximum atomic E-state index is 12.2. The van der Waals surface area contributed by atoms with Gasteiger partial charge >= 0.3 is 11.9 Å². The van der Waals surface area contributed by atoms with E-state index >= 15 is 0 Å². The van der Waals surface area contributed by atoms with E-state index in [1.54, 1.807) is 0 Å². The van der Waals surface area contributed by atoms with Crippen molar-refractivity contribution in [3.05, 3.63) is 96.1 Å². The van der Waals surface area contributed by atoms with E-state index in [1.807, 2.05) is 24.3 Å². The Morgan fingerprint density at radius 1 is 0.712 bits per heavy atom. The Bertz CT molecular complexity index is 1620. The van der Waals surface area contributed by atoms with Crippen LogP contribution in [0.1, 0.15) is 129 Å². The van der Waals surface area contributed by atoms with E-state index in [2.05, 4.69) is 101 Å². The lowest BCUT2D eigenvalue weighted by Crippen LogP contribution is -2.44. The predicted molar refractivity (Wildman–Crippen MR) is 240 cm³/mol. The van der Waals surface area contributed by atoms with Crippen molar-refractivity contribution in [2.75, 3.05) is 0 Å². The van der Waals surface area contributed by atoms with Gasteiger partial charge in [0.25, 0.3) is 0 Å². The molecule has 2 saturated carbocycles. The number of ether oxygens (including phenoxy) is 2. The number of allylic oxidation sites excluding steroid dienone is 4. The fourth-order valence-electron chi connectivity index (χ4n) is 9.71. The highest BCUT2D eigenvalue weighted by Gasteiger charge is 2.45. The lowest BCUT2D eigenvalue weighted by atomic mass is 9.83. The molecule has 8 heteroatoms. The molecule has 2 aromatic carbocycles. The largest absolute Gasteiger partial charge is 0.462 e. The molecule has 10 atom stereocenters. The zero-order valence-electron chi connectivity index (χ0n) is 37.1. The molecule has 6 rings (SSSR count). The van der Waals surface area contributed by atoms with Crippen LogP contribution in [0.15, 0.2) is 85.0 Å². The van der Waals surface area contributed by atoms with Gasteiger partial charge in [0, 0.05) is 37.2 Å². The minimum absolute atomic E-state index is 0.0219. The highest BCUT2D eigenvalue weighted by atomic mass is 28.4. The highest BCUT2D eigenvalue weighted by Crippen LogP contribution is 2.46. The smallest absolute Gasteiger partial charge is 0.306 e. The SMILES string of the molecule is C[C@@H]1C[C@@H]2OC(=O)CC/C=C\C[C@@H]2[C@H]1CC[C@H](CCc1ccccc1)O[Si](C)(C)C(C)(C)C.O=C1CC/C=C\C[C@@H]2[C@@H](CC[C@@H](O)CCc3ccccc3)[C@H](O)C[C@@H]2O1. The molecule has 0 aromatic heterocycles. The number of aliphatic hydroxyl groups is 2. The molecular formula is C51H76O7Si. The second-order valence-corrected chi connectivity index (χ2v) is 24.3. The highest BCUT2D eigenvalue weighted by molar-refractivity contribution is 6.74. The molecule has 0 unspecified atom stereocenters. The van der Waals surface area contributed by atoms with Crippen molar-refractivity contribution < 1.29 is 33.7 Å². The van der Waals surface area contributed by atoms with Gasteiger partial charge in [0.05, 0.1) is 12.2 Å². The van der Waals surface area contributed by atoms with Crippen LogP contribution in [0.2, 0.25) is 18.1 Å². The lowest BCUT2D eigenvalue weighted by molar-refractivity contribution is -0.152. The van der Waals surface area contributed by atoms with Gasteiger partial charge in [0.15, 0.2) is 8.32 Å². The number of carbonyl (C=O) groups is 2. The van der Waals surface area contributed by atoms with Crippen molar-refractivity contribution in [2.45, 2.75) is 179 Å². The summed E-state index contributed by atoms with van der Waals surface area (Å²) in [7, 11) is -1.85. The third kappa shape index (κ3) is 14.5. The summed E-state index contributed by atoms with van der Waals surface area (Å²) in [6.45, 7) is 14.1. The van der Waals surface area contributed by atoms with E-state index in [0.29, 0.717) is 43.4 Å². The maximum absolute atomic E-state index is 12.2. The first-order valence-corrected chi connectivity index (χ1v) is 25.9. The van der Waals surface area contributed by atoms with Crippen LogP contribution in [0, 0.1) is 29.6 Å². The summed E-state index contributed by atoms with van der Waals surface area (Å²) in [4.78, 5) is 24.1. The number of hydrogen-bond donors (Lipinski definition) is 2. The predicted octanol–water partition coefficient (Wildman–Crippen LogP) is 11.1. The molecule has 0 bridgehead atoms. The van der Waals surface area contributed by atoms with Gasteiger partial charge in [0.1, 0.15) is 12.2 Å². The number of benzene rings is 2. The van der Waals surface area contributed by atoms with E-state index in [0.717, 1.165) is 77.0 Å². The first-order valence-electron chi connectivity index (χ1n) is 23.0. The topological polar surface area (TPSA) is 102 Å². The number of aryl methyl sites for hydroxylation is 2. The van der Waals surface area contributed by atoms with Crippen LogP contribution in [0.5, 0.6) is 0 Å². The van der Waals surface area contributed by atoms with Crippen LogP contribution >= 0.6 is 0 Å². The molecule has 2 aliphatic carbocycles. The molecule has 326 valence electrons. The monoisotopic (exact) mass is 829 g/mol. The first-order chi connectivity index (χ1) is 28.2. The fourth-order valence-corrected chi connectivity index (χ4v) is 11.1. The number of carbonyl (C=O) groups excluding carboxylic acids is 2. The van der Waals surface area contributed by atoms with E-state index in [4.69, 9.17) is 13.9 Å². The van der Waals surface area contributed by atoms with Crippen molar-refractivity contribution >= 4 is 20.3 Å². The molecule has 7 nitrogen and oxygen atoms in total. The molecule has 0 saturated heterocycles. The third-order valence-corrected chi connectivity index (χ3v) is 18.8. The standard InChI is InChI=1S/C29H46O3Si.C22H30O4/c1-22-21-27-26(15-11-8-12-16-28(30)31-27)25(22)20-19-24(32-33(5,6)29(2,3)4)18-17-23-13-9-7-10-14-23;23-17(12-11-16-7-3-1-4-8-16)13-14-18-19-9-5-2-6-10-22(25)26-21(19)15-20(18)24/h7-11,13-14,22,24-27H,12,15-21H2,1-6H3;1-5,7-8,17-21,23-24H,6,9-15H2/b11-8-;5-2-/t22-,24+,25+,26-,27+;17-,18+,19+,20+,21-/m10/s1. The molecule has 2 aromatic rings. The number of hydrogen-bond acceptors (Lipinski definition) is 7. The maximum Gasteiger partial charge on any atom is 0.306 e. The van der Waals surface area contributed by atoms with Crippen LogP contribution in [-0.4, -0.2) is 61.0 Å². The molecule has 0 spiro atoms. The van der Waals surface area contributed by atoms with Gasteiger partial charge in [-0.05, 0) is 130 Å². The van der Waals surface area contributed by atoms with E-state index in [9.17, 15) is 19.8 Å². The van der Waals surface area contributed by atoms with Gasteiger partial charge in [-0.3, -0.25) is 9.59 Å². The van der Waals surface area contributed by atoms with Crippen molar-refractivity contribution in [3.8, 4) is 0 Å². The molecule has 2 heterocycles. The summed E-state index contributed by atoms with van der Waals surface area (Å²) in [6, 6.07) is 21.0. The third-order valence-electron chi connectivity index (χ3n) is 14.2. The average Bonchev–Trinajstić information content (AvgIpc) is 3.70. The Morgan fingerprint density at radius 3 is 1.78 bits per heavy atom.